The van der Waals surface area contributed by atoms with Crippen LogP contribution >= 0.6 is 0 Å². The number of rotatable bonds is 5. The lowest BCUT2D eigenvalue weighted by molar-refractivity contribution is 0.344. The average molecular weight is 362 g/mol. The highest BCUT2D eigenvalue weighted by molar-refractivity contribution is 8.13. The summed E-state index contributed by atoms with van der Waals surface area (Å²) in [5.41, 5.74) is 0. The van der Waals surface area contributed by atoms with Crippen LogP contribution in [0.5, 0.6) is 0 Å². The van der Waals surface area contributed by atoms with Gasteiger partial charge in [-0.25, -0.2) is 4.21 Å². The Morgan fingerprint density at radius 3 is 1.54 bits per heavy atom. The number of halogens is 1. The van der Waals surface area contributed by atoms with Gasteiger partial charge in [-0.05, 0) is 36.4 Å². The summed E-state index contributed by atoms with van der Waals surface area (Å²) in [6, 6.07) is 24.3. The fourth-order valence-corrected chi connectivity index (χ4v) is 5.64. The molecule has 6 heteroatoms. The highest BCUT2D eigenvalue weighted by Gasteiger charge is 2.41. The van der Waals surface area contributed by atoms with Crippen LogP contribution in [0.4, 0.5) is 3.89 Å². The van der Waals surface area contributed by atoms with E-state index >= 15 is 0 Å². The molecule has 0 amide bonds. The lowest BCUT2D eigenvalue weighted by Gasteiger charge is -2.35. The van der Waals surface area contributed by atoms with Crippen LogP contribution in [0.25, 0.3) is 0 Å². The number of hydrogen-bond donors (Lipinski definition) is 0. The van der Waals surface area contributed by atoms with E-state index in [1.165, 1.54) is 24.3 Å². The Kier molecular flexibility index (Phi) is 4.56. The molecule has 0 aromatic heterocycles. The maximum atomic E-state index is 14.9. The molecule has 0 radical (unpaired) electrons. The molecule has 0 heterocycles. The van der Waals surface area contributed by atoms with E-state index in [1.807, 2.05) is 0 Å². The predicted molar refractivity (Wildman–Crippen MR) is 92.6 cm³/mol. The van der Waals surface area contributed by atoms with Gasteiger partial charge in [-0.1, -0.05) is 58.2 Å². The minimum absolute atomic E-state index is 0.501. The van der Waals surface area contributed by atoms with Gasteiger partial charge < -0.3 is 4.55 Å². The Labute approximate surface area is 143 Å². The van der Waals surface area contributed by atoms with Crippen molar-refractivity contribution >= 4 is 21.2 Å². The Bertz CT molecular complexity index is 825. The molecule has 0 atom stereocenters. The molecule has 3 aromatic rings. The van der Waals surface area contributed by atoms with Crippen LogP contribution in [-0.2, 0) is 24.8 Å². The van der Waals surface area contributed by atoms with E-state index in [1.54, 1.807) is 66.7 Å². The third-order valence-electron chi connectivity index (χ3n) is 3.22. The summed E-state index contributed by atoms with van der Waals surface area (Å²) >= 11 is -1.41. The van der Waals surface area contributed by atoms with Crippen molar-refractivity contribution in [2.24, 2.45) is 0 Å². The molecule has 24 heavy (non-hydrogen) atoms. The van der Waals surface area contributed by atoms with Gasteiger partial charge in [-0.2, -0.15) is 0 Å². The van der Waals surface area contributed by atoms with Crippen molar-refractivity contribution in [1.82, 2.24) is 0 Å². The standard InChI is InChI=1S/C18H15FO3S2/c19-24(20,21,18-14-8-3-9-15-18)22-23(16-10-4-1-5-11-16)17-12-6-2-7-13-17/h1-15H. The lowest BCUT2D eigenvalue weighted by Crippen LogP contribution is -2.33. The molecule has 0 aliphatic carbocycles. The highest BCUT2D eigenvalue weighted by atomic mass is 32.4. The zero-order valence-electron chi connectivity index (χ0n) is 12.6. The molecule has 0 fully saturated rings. The smallest absolute Gasteiger partial charge is 0.241 e. The first-order valence-corrected chi connectivity index (χ1v) is 10.0. The largest absolute Gasteiger partial charge is 0.739 e. The van der Waals surface area contributed by atoms with Crippen molar-refractivity contribution in [3.05, 3.63) is 91.0 Å². The van der Waals surface area contributed by atoms with Crippen LogP contribution in [0.15, 0.2) is 106 Å². The summed E-state index contributed by atoms with van der Waals surface area (Å²) in [7, 11) is -6.20. The molecule has 0 saturated carbocycles. The summed E-state index contributed by atoms with van der Waals surface area (Å²) in [6.07, 6.45) is 0. The van der Waals surface area contributed by atoms with E-state index in [0.29, 0.717) is 9.79 Å². The van der Waals surface area contributed by atoms with Gasteiger partial charge in [-0.15, -0.1) is 3.89 Å². The maximum Gasteiger partial charge on any atom is 0.241 e. The highest BCUT2D eigenvalue weighted by Crippen LogP contribution is 2.41. The van der Waals surface area contributed by atoms with Crippen molar-refractivity contribution in [3.63, 3.8) is 0 Å². The van der Waals surface area contributed by atoms with Crippen molar-refractivity contribution < 1.29 is 16.3 Å². The van der Waals surface area contributed by atoms with E-state index in [9.17, 15) is 12.6 Å². The normalized spacial score (nSPS) is 13.4. The summed E-state index contributed by atoms with van der Waals surface area (Å²) in [4.78, 5) is 0.651. The second kappa shape index (κ2) is 6.49. The average Bonchev–Trinajstić information content (AvgIpc) is 2.62. The molecule has 0 saturated heterocycles. The molecule has 3 nitrogen and oxygen atoms in total. The summed E-state index contributed by atoms with van der Waals surface area (Å²) < 4.78 is 45.1. The predicted octanol–water partition coefficient (Wildman–Crippen LogP) is 4.46. The summed E-state index contributed by atoms with van der Waals surface area (Å²) in [5, 5.41) is 0. The van der Waals surface area contributed by atoms with E-state index in [-0.39, 0.29) is 0 Å². The summed E-state index contributed by atoms with van der Waals surface area (Å²) in [5.74, 6) is 0. The second-order valence-corrected chi connectivity index (χ2v) is 8.93. The van der Waals surface area contributed by atoms with Gasteiger partial charge in [0.1, 0.15) is 0 Å². The first-order valence-electron chi connectivity index (χ1n) is 7.17. The third-order valence-corrected chi connectivity index (χ3v) is 7.11. The minimum atomic E-state index is -6.20. The van der Waals surface area contributed by atoms with Crippen molar-refractivity contribution in [2.45, 2.75) is 14.7 Å². The topological polar surface area (TPSA) is 49.4 Å². The molecule has 0 unspecified atom stereocenters. The van der Waals surface area contributed by atoms with E-state index in [0.717, 1.165) is 0 Å². The molecule has 0 bridgehead atoms. The molecule has 3 aromatic carbocycles. The van der Waals surface area contributed by atoms with Crippen LogP contribution in [0.2, 0.25) is 0 Å². The van der Waals surface area contributed by atoms with Gasteiger partial charge in [0.2, 0.25) is 11.2 Å². The number of benzene rings is 3. The Morgan fingerprint density at radius 1 is 0.750 bits per heavy atom. The fraction of sp³-hybridized carbons (Fsp3) is 0. The van der Waals surface area contributed by atoms with Crippen LogP contribution in [0.1, 0.15) is 0 Å². The monoisotopic (exact) mass is 362 g/mol. The van der Waals surface area contributed by atoms with Gasteiger partial charge in [0.15, 0.2) is 19.8 Å². The van der Waals surface area contributed by atoms with E-state index in [2.05, 4.69) is 0 Å². The zero-order valence-corrected chi connectivity index (χ0v) is 14.2. The van der Waals surface area contributed by atoms with Crippen LogP contribution in [0.3, 0.4) is 0 Å². The van der Waals surface area contributed by atoms with E-state index < -0.39 is 26.1 Å². The Hall–Kier alpha value is -1.99. The van der Waals surface area contributed by atoms with Crippen molar-refractivity contribution in [2.75, 3.05) is 0 Å². The molecule has 0 aliphatic rings. The quantitative estimate of drug-likeness (QED) is 0.497. The Morgan fingerprint density at radius 2 is 1.12 bits per heavy atom. The first-order chi connectivity index (χ1) is 11.4. The third kappa shape index (κ3) is 3.73. The van der Waals surface area contributed by atoms with Crippen LogP contribution in [0, 0.1) is 0 Å². The van der Waals surface area contributed by atoms with Gasteiger partial charge in [0.25, 0.3) is 0 Å². The van der Waals surface area contributed by atoms with Crippen LogP contribution < -0.4 is 0 Å². The molecule has 0 N–H and O–H groups in total. The van der Waals surface area contributed by atoms with Gasteiger partial charge in [0.05, 0.1) is 4.90 Å². The summed E-state index contributed by atoms with van der Waals surface area (Å²) in [6.45, 7) is 0. The van der Waals surface area contributed by atoms with Gasteiger partial charge in [-0.3, -0.25) is 0 Å². The molecule has 3 rings (SSSR count). The van der Waals surface area contributed by atoms with Crippen molar-refractivity contribution in [3.8, 4) is 0 Å². The minimum Gasteiger partial charge on any atom is -0.739 e. The zero-order chi connectivity index (χ0) is 17.1. The van der Waals surface area contributed by atoms with E-state index in [4.69, 9.17) is 3.63 Å². The first kappa shape index (κ1) is 16.9. The SMILES string of the molecule is O=S([O-])(F)(O[S+](c1ccccc1)c1ccccc1)c1ccccc1. The lowest BCUT2D eigenvalue weighted by atomic mass is 10.4. The molecular formula is C18H15FO3S2. The second-order valence-electron chi connectivity index (χ2n) is 5.00. The molecular weight excluding hydrogens is 347 g/mol. The maximum absolute atomic E-state index is 14.9. The molecule has 124 valence electrons. The fourth-order valence-electron chi connectivity index (χ4n) is 2.10. The van der Waals surface area contributed by atoms with Crippen LogP contribution in [-0.4, -0.2) is 8.76 Å². The van der Waals surface area contributed by atoms with Crippen molar-refractivity contribution in [1.29, 1.82) is 0 Å². The molecule has 0 spiro atoms. The van der Waals surface area contributed by atoms with Gasteiger partial charge >= 0.3 is 0 Å². The van der Waals surface area contributed by atoms with Gasteiger partial charge in [0, 0.05) is 0 Å². The molecule has 0 aliphatic heterocycles. The Balaban J connectivity index is 2.06. The number of hydrogen-bond acceptors (Lipinski definition) is 3.